The molecule has 0 atom stereocenters. The zero-order chi connectivity index (χ0) is 18.1. The molecular formula is C19H29FIN5. The number of aliphatic imine (C=N–C) groups is 1. The highest BCUT2D eigenvalue weighted by molar-refractivity contribution is 14.0. The highest BCUT2D eigenvalue weighted by Crippen LogP contribution is 2.24. The molecule has 2 rings (SSSR count). The van der Waals surface area contributed by atoms with Gasteiger partial charge in [-0.3, -0.25) is 9.67 Å². The molecule has 5 nitrogen and oxygen atoms in total. The molecule has 2 N–H and O–H groups in total. The molecule has 1 aromatic carbocycles. The Balaban J connectivity index is 0.00000338. The molecule has 0 unspecified atom stereocenters. The normalized spacial score (nSPS) is 11.8. The minimum Gasteiger partial charge on any atom is -0.357 e. The van der Waals surface area contributed by atoms with Gasteiger partial charge < -0.3 is 10.6 Å². The highest BCUT2D eigenvalue weighted by atomic mass is 127. The Kier molecular flexibility index (Phi) is 9.61. The SMILES string of the molecule is CCNC(=NCC(C)(C)c1cccc(F)c1)NCCCn1cccn1.I. The van der Waals surface area contributed by atoms with E-state index in [0.717, 1.165) is 37.6 Å². The van der Waals surface area contributed by atoms with Crippen molar-refractivity contribution >= 4 is 29.9 Å². The standard InChI is InChI=1S/C19H28FN5.HI/c1-4-21-18(22-10-6-12-25-13-7-11-24-25)23-15-19(2,3)16-8-5-9-17(20)14-16;/h5,7-9,11,13-14H,4,6,10,12,15H2,1-3H3,(H2,21,22,23);1H. The monoisotopic (exact) mass is 473 g/mol. The third-order valence-electron chi connectivity index (χ3n) is 4.00. The maximum Gasteiger partial charge on any atom is 0.191 e. The molecule has 0 bridgehead atoms. The van der Waals surface area contributed by atoms with Crippen LogP contribution in [0.2, 0.25) is 0 Å². The predicted octanol–water partition coefficient (Wildman–Crippen LogP) is 3.56. The second kappa shape index (κ2) is 11.2. The van der Waals surface area contributed by atoms with Crippen molar-refractivity contribution in [1.82, 2.24) is 20.4 Å². The molecule has 7 heteroatoms. The Bertz CT molecular complexity index is 670. The van der Waals surface area contributed by atoms with E-state index in [9.17, 15) is 4.39 Å². The van der Waals surface area contributed by atoms with Crippen molar-refractivity contribution in [2.75, 3.05) is 19.6 Å². The van der Waals surface area contributed by atoms with Crippen molar-refractivity contribution in [2.24, 2.45) is 4.99 Å². The molecule has 0 aliphatic heterocycles. The second-order valence-electron chi connectivity index (χ2n) is 6.64. The van der Waals surface area contributed by atoms with Gasteiger partial charge in [-0.25, -0.2) is 4.39 Å². The number of rotatable bonds is 8. The Labute approximate surface area is 172 Å². The van der Waals surface area contributed by atoms with Gasteiger partial charge in [-0.05, 0) is 37.1 Å². The van der Waals surface area contributed by atoms with Gasteiger partial charge in [-0.2, -0.15) is 5.10 Å². The Morgan fingerprint density at radius 3 is 2.73 bits per heavy atom. The van der Waals surface area contributed by atoms with E-state index in [4.69, 9.17) is 0 Å². The zero-order valence-electron chi connectivity index (χ0n) is 15.7. The van der Waals surface area contributed by atoms with E-state index < -0.39 is 0 Å². The van der Waals surface area contributed by atoms with Crippen LogP contribution < -0.4 is 10.6 Å². The molecule has 0 saturated heterocycles. The van der Waals surface area contributed by atoms with Crippen LogP contribution in [0.25, 0.3) is 0 Å². The number of aryl methyl sites for hydroxylation is 1. The number of hydrogen-bond donors (Lipinski definition) is 2. The summed E-state index contributed by atoms with van der Waals surface area (Å²) in [6, 6.07) is 8.67. The van der Waals surface area contributed by atoms with Gasteiger partial charge in [0.1, 0.15) is 5.82 Å². The molecule has 144 valence electrons. The molecule has 2 aromatic rings. The van der Waals surface area contributed by atoms with Crippen molar-refractivity contribution in [3.8, 4) is 0 Å². The van der Waals surface area contributed by atoms with Gasteiger partial charge in [0.15, 0.2) is 5.96 Å². The maximum atomic E-state index is 13.5. The predicted molar refractivity (Wildman–Crippen MR) is 116 cm³/mol. The molecule has 0 spiro atoms. The lowest BCUT2D eigenvalue weighted by molar-refractivity contribution is 0.527. The third kappa shape index (κ3) is 7.31. The summed E-state index contributed by atoms with van der Waals surface area (Å²) < 4.78 is 15.4. The number of hydrogen-bond acceptors (Lipinski definition) is 2. The largest absolute Gasteiger partial charge is 0.357 e. The molecule has 0 saturated carbocycles. The topological polar surface area (TPSA) is 54.2 Å². The number of halogens is 2. The molecule has 0 fully saturated rings. The number of guanidine groups is 1. The summed E-state index contributed by atoms with van der Waals surface area (Å²) in [6.07, 6.45) is 4.70. The van der Waals surface area contributed by atoms with Crippen LogP contribution in [0.5, 0.6) is 0 Å². The van der Waals surface area contributed by atoms with Crippen LogP contribution in [0.1, 0.15) is 32.8 Å². The average molecular weight is 473 g/mol. The first-order valence-electron chi connectivity index (χ1n) is 8.77. The van der Waals surface area contributed by atoms with E-state index >= 15 is 0 Å². The van der Waals surface area contributed by atoms with Crippen molar-refractivity contribution < 1.29 is 4.39 Å². The maximum absolute atomic E-state index is 13.5. The molecule has 26 heavy (non-hydrogen) atoms. The molecule has 0 amide bonds. The number of nitrogens with one attached hydrogen (secondary N) is 2. The van der Waals surface area contributed by atoms with Gasteiger partial charge in [0.2, 0.25) is 0 Å². The Morgan fingerprint density at radius 2 is 2.08 bits per heavy atom. The van der Waals surface area contributed by atoms with Crippen LogP contribution in [-0.4, -0.2) is 35.4 Å². The minimum atomic E-state index is -0.237. The van der Waals surface area contributed by atoms with E-state index in [1.54, 1.807) is 18.3 Å². The first-order chi connectivity index (χ1) is 12.0. The Morgan fingerprint density at radius 1 is 1.27 bits per heavy atom. The third-order valence-corrected chi connectivity index (χ3v) is 4.00. The zero-order valence-corrected chi connectivity index (χ0v) is 18.0. The van der Waals surface area contributed by atoms with E-state index in [0.29, 0.717) is 6.54 Å². The van der Waals surface area contributed by atoms with E-state index in [2.05, 4.69) is 34.6 Å². The van der Waals surface area contributed by atoms with Gasteiger partial charge in [0.25, 0.3) is 0 Å². The van der Waals surface area contributed by atoms with Gasteiger partial charge >= 0.3 is 0 Å². The lowest BCUT2D eigenvalue weighted by atomic mass is 9.85. The molecule has 1 aromatic heterocycles. The van der Waals surface area contributed by atoms with Gasteiger partial charge in [-0.15, -0.1) is 24.0 Å². The fraction of sp³-hybridized carbons (Fsp3) is 0.474. The van der Waals surface area contributed by atoms with E-state index in [1.807, 2.05) is 29.9 Å². The fourth-order valence-corrected chi connectivity index (χ4v) is 2.50. The summed E-state index contributed by atoms with van der Waals surface area (Å²) >= 11 is 0. The number of aromatic nitrogens is 2. The lowest BCUT2D eigenvalue weighted by Crippen LogP contribution is -2.39. The van der Waals surface area contributed by atoms with E-state index in [-0.39, 0.29) is 35.2 Å². The van der Waals surface area contributed by atoms with Gasteiger partial charge in [0.05, 0.1) is 6.54 Å². The van der Waals surface area contributed by atoms with Crippen LogP contribution in [-0.2, 0) is 12.0 Å². The smallest absolute Gasteiger partial charge is 0.191 e. The van der Waals surface area contributed by atoms with Gasteiger partial charge in [-0.1, -0.05) is 26.0 Å². The van der Waals surface area contributed by atoms with Crippen molar-refractivity contribution in [3.63, 3.8) is 0 Å². The first kappa shape index (κ1) is 22.4. The summed E-state index contributed by atoms with van der Waals surface area (Å²) in [5.41, 5.74) is 0.713. The lowest BCUT2D eigenvalue weighted by Gasteiger charge is -2.24. The van der Waals surface area contributed by atoms with Crippen molar-refractivity contribution in [3.05, 3.63) is 54.1 Å². The van der Waals surface area contributed by atoms with Crippen molar-refractivity contribution in [1.29, 1.82) is 0 Å². The average Bonchev–Trinajstić information content (AvgIpc) is 3.10. The number of benzene rings is 1. The summed E-state index contributed by atoms with van der Waals surface area (Å²) in [4.78, 5) is 4.68. The van der Waals surface area contributed by atoms with E-state index in [1.165, 1.54) is 6.07 Å². The quantitative estimate of drug-likeness (QED) is 0.267. The summed E-state index contributed by atoms with van der Waals surface area (Å²) in [7, 11) is 0. The first-order valence-corrected chi connectivity index (χ1v) is 8.77. The van der Waals surface area contributed by atoms with Crippen LogP contribution in [0.15, 0.2) is 47.7 Å². The molecule has 0 aliphatic carbocycles. The molecule has 1 heterocycles. The molecular weight excluding hydrogens is 444 g/mol. The summed E-state index contributed by atoms with van der Waals surface area (Å²) in [6.45, 7) is 9.24. The van der Waals surface area contributed by atoms with Crippen LogP contribution in [0, 0.1) is 5.82 Å². The highest BCUT2D eigenvalue weighted by Gasteiger charge is 2.21. The van der Waals surface area contributed by atoms with Crippen molar-refractivity contribution in [2.45, 2.75) is 39.2 Å². The summed E-state index contributed by atoms with van der Waals surface area (Å²) in [5, 5.41) is 10.8. The van der Waals surface area contributed by atoms with Crippen LogP contribution in [0.3, 0.4) is 0 Å². The molecule has 0 radical (unpaired) electrons. The van der Waals surface area contributed by atoms with Crippen LogP contribution in [0.4, 0.5) is 4.39 Å². The fourth-order valence-electron chi connectivity index (χ4n) is 2.50. The van der Waals surface area contributed by atoms with Gasteiger partial charge in [0, 0.05) is 37.4 Å². The molecule has 0 aliphatic rings. The Hall–Kier alpha value is -1.64. The number of nitrogens with zero attached hydrogens (tertiary/aromatic N) is 3. The summed E-state index contributed by atoms with van der Waals surface area (Å²) in [5.74, 6) is 0.575. The van der Waals surface area contributed by atoms with Crippen LogP contribution >= 0.6 is 24.0 Å². The minimum absolute atomic E-state index is 0. The second-order valence-corrected chi connectivity index (χ2v) is 6.64.